The second kappa shape index (κ2) is 12.6. The van der Waals surface area contributed by atoms with Gasteiger partial charge < -0.3 is 9.84 Å². The molecule has 0 aromatic rings. The molecule has 0 aliphatic carbocycles. The number of carbonyl (C=O) groups excluding carboxylic acids is 1. The van der Waals surface area contributed by atoms with Crippen LogP contribution in [0.3, 0.4) is 0 Å². The van der Waals surface area contributed by atoms with E-state index in [0.717, 1.165) is 0 Å². The highest BCUT2D eigenvalue weighted by molar-refractivity contribution is 5.77. The fraction of sp³-hybridized carbons (Fsp3) is 0.900. The molecule has 0 heterocycles. The Labute approximate surface area is 86.9 Å². The number of Topliss-reactive ketones (excluding diaryl/α,β-unsaturated/α-hetero) is 1. The monoisotopic (exact) mass is 205 g/mol. The Kier molecular flexibility index (Phi) is 14.3. The highest BCUT2D eigenvalue weighted by Crippen LogP contribution is 1.88. The van der Waals surface area contributed by atoms with E-state index >= 15 is 0 Å². The van der Waals surface area contributed by atoms with Crippen LogP contribution in [0.25, 0.3) is 0 Å². The molecule has 0 bridgehead atoms. The molecule has 0 unspecified atom stereocenters. The van der Waals surface area contributed by atoms with Gasteiger partial charge in [-0.25, -0.2) is 0 Å². The van der Waals surface area contributed by atoms with Crippen LogP contribution in [0, 0.1) is 0 Å². The average Bonchev–Trinajstić information content (AvgIpc) is 2.17. The molecule has 4 heteroatoms. The number of nitrogens with zero attached hydrogens (tertiary/aromatic N) is 1. The molecule has 0 saturated heterocycles. The molecular formula is C10H23NO3. The van der Waals surface area contributed by atoms with Gasteiger partial charge in [0.05, 0.1) is 19.8 Å². The first-order valence-electron chi connectivity index (χ1n) is 5.02. The van der Waals surface area contributed by atoms with E-state index in [1.54, 1.807) is 7.11 Å². The van der Waals surface area contributed by atoms with Crippen LogP contribution in [0.15, 0.2) is 0 Å². The Balaban J connectivity index is 0. The number of aliphatic hydroxyl groups is 1. The molecule has 0 aromatic heterocycles. The molecule has 0 aliphatic heterocycles. The minimum absolute atomic E-state index is 0.0804. The maximum Gasteiger partial charge on any atom is 0.143 e. The van der Waals surface area contributed by atoms with E-state index < -0.39 is 0 Å². The Morgan fingerprint density at radius 3 is 2.29 bits per heavy atom. The number of aliphatic hydroxyl groups excluding tert-OH is 1. The normalized spacial score (nSPS) is 9.57. The molecule has 14 heavy (non-hydrogen) atoms. The summed E-state index contributed by atoms with van der Waals surface area (Å²) >= 11 is 0. The van der Waals surface area contributed by atoms with Gasteiger partial charge in [-0.15, -0.1) is 0 Å². The van der Waals surface area contributed by atoms with Crippen LogP contribution in [0.5, 0.6) is 0 Å². The standard InChI is InChI=1S/C8H17NO3.C2H6/c1-8(11)7-9(3-5-10)4-6-12-2;1-2/h10H,3-7H2,1-2H3;1-2H3. The number of ether oxygens (including phenoxy) is 1. The van der Waals surface area contributed by atoms with E-state index in [2.05, 4.69) is 0 Å². The van der Waals surface area contributed by atoms with Crippen molar-refractivity contribution in [3.05, 3.63) is 0 Å². The molecule has 0 saturated carbocycles. The summed E-state index contributed by atoms with van der Waals surface area (Å²) in [5, 5.41) is 8.66. The van der Waals surface area contributed by atoms with Crippen molar-refractivity contribution in [3.63, 3.8) is 0 Å². The van der Waals surface area contributed by atoms with Crippen LogP contribution < -0.4 is 0 Å². The van der Waals surface area contributed by atoms with Crippen molar-refractivity contribution in [3.8, 4) is 0 Å². The first-order valence-corrected chi connectivity index (χ1v) is 5.02. The quantitative estimate of drug-likeness (QED) is 0.659. The average molecular weight is 205 g/mol. The van der Waals surface area contributed by atoms with Crippen LogP contribution in [0.4, 0.5) is 0 Å². The minimum Gasteiger partial charge on any atom is -0.395 e. The molecule has 0 spiro atoms. The van der Waals surface area contributed by atoms with Gasteiger partial charge in [-0.05, 0) is 6.92 Å². The molecule has 0 aromatic carbocycles. The minimum atomic E-state index is 0.0804. The second-order valence-electron chi connectivity index (χ2n) is 2.69. The number of carbonyl (C=O) groups is 1. The lowest BCUT2D eigenvalue weighted by atomic mass is 10.4. The number of ketones is 1. The van der Waals surface area contributed by atoms with Gasteiger partial charge in [-0.2, -0.15) is 0 Å². The van der Waals surface area contributed by atoms with Crippen molar-refractivity contribution < 1.29 is 14.6 Å². The molecular weight excluding hydrogens is 182 g/mol. The van der Waals surface area contributed by atoms with Crippen molar-refractivity contribution in [1.82, 2.24) is 4.90 Å². The molecule has 0 rings (SSSR count). The topological polar surface area (TPSA) is 49.8 Å². The van der Waals surface area contributed by atoms with E-state index in [0.29, 0.717) is 26.2 Å². The number of rotatable bonds is 7. The van der Waals surface area contributed by atoms with Crippen molar-refractivity contribution in [1.29, 1.82) is 0 Å². The van der Waals surface area contributed by atoms with E-state index in [9.17, 15) is 4.79 Å². The zero-order chi connectivity index (χ0) is 11.4. The largest absolute Gasteiger partial charge is 0.395 e. The highest BCUT2D eigenvalue weighted by atomic mass is 16.5. The van der Waals surface area contributed by atoms with Crippen molar-refractivity contribution >= 4 is 5.78 Å². The Hall–Kier alpha value is -0.450. The maximum atomic E-state index is 10.7. The summed E-state index contributed by atoms with van der Waals surface area (Å²) < 4.78 is 4.87. The number of hydrogen-bond donors (Lipinski definition) is 1. The van der Waals surface area contributed by atoms with Gasteiger partial charge in [0.2, 0.25) is 0 Å². The lowest BCUT2D eigenvalue weighted by Gasteiger charge is -2.18. The number of methoxy groups -OCH3 is 1. The van der Waals surface area contributed by atoms with E-state index in [1.807, 2.05) is 18.7 Å². The second-order valence-corrected chi connectivity index (χ2v) is 2.69. The summed E-state index contributed by atoms with van der Waals surface area (Å²) in [7, 11) is 1.62. The lowest BCUT2D eigenvalue weighted by molar-refractivity contribution is -0.118. The summed E-state index contributed by atoms with van der Waals surface area (Å²) in [4.78, 5) is 12.6. The highest BCUT2D eigenvalue weighted by Gasteiger charge is 2.05. The van der Waals surface area contributed by atoms with Gasteiger partial charge >= 0.3 is 0 Å². The Morgan fingerprint density at radius 1 is 1.36 bits per heavy atom. The van der Waals surface area contributed by atoms with E-state index in [1.165, 1.54) is 6.92 Å². The maximum absolute atomic E-state index is 10.7. The predicted octanol–water partition coefficient (Wildman–Crippen LogP) is 0.542. The summed E-state index contributed by atoms with van der Waals surface area (Å²) in [6, 6.07) is 0. The zero-order valence-electron chi connectivity index (χ0n) is 9.75. The lowest BCUT2D eigenvalue weighted by Crippen LogP contribution is -2.34. The van der Waals surface area contributed by atoms with Crippen LogP contribution >= 0.6 is 0 Å². The Bertz CT molecular complexity index is 129. The van der Waals surface area contributed by atoms with Gasteiger partial charge in [0, 0.05) is 20.2 Å². The van der Waals surface area contributed by atoms with Crippen LogP contribution in [-0.2, 0) is 9.53 Å². The fourth-order valence-corrected chi connectivity index (χ4v) is 0.947. The fourth-order valence-electron chi connectivity index (χ4n) is 0.947. The molecule has 1 N–H and O–H groups in total. The third kappa shape index (κ3) is 11.6. The third-order valence-corrected chi connectivity index (χ3v) is 1.47. The van der Waals surface area contributed by atoms with Gasteiger partial charge in [0.25, 0.3) is 0 Å². The van der Waals surface area contributed by atoms with Gasteiger partial charge in [-0.1, -0.05) is 13.8 Å². The van der Waals surface area contributed by atoms with Crippen molar-refractivity contribution in [2.75, 3.05) is 40.0 Å². The van der Waals surface area contributed by atoms with E-state index in [4.69, 9.17) is 9.84 Å². The summed E-state index contributed by atoms with van der Waals surface area (Å²) in [5.74, 6) is 0.111. The molecule has 86 valence electrons. The zero-order valence-corrected chi connectivity index (χ0v) is 9.75. The molecule has 0 aliphatic rings. The van der Waals surface area contributed by atoms with Crippen molar-refractivity contribution in [2.45, 2.75) is 20.8 Å². The smallest absolute Gasteiger partial charge is 0.143 e. The summed E-state index contributed by atoms with van der Waals surface area (Å²) in [6.07, 6.45) is 0. The van der Waals surface area contributed by atoms with Crippen LogP contribution in [0.1, 0.15) is 20.8 Å². The van der Waals surface area contributed by atoms with Gasteiger partial charge in [0.15, 0.2) is 0 Å². The first kappa shape index (κ1) is 16.0. The molecule has 4 nitrogen and oxygen atoms in total. The summed E-state index contributed by atoms with van der Waals surface area (Å²) in [5.41, 5.74) is 0. The van der Waals surface area contributed by atoms with E-state index in [-0.39, 0.29) is 12.4 Å². The Morgan fingerprint density at radius 2 is 1.93 bits per heavy atom. The first-order chi connectivity index (χ1) is 6.70. The molecule has 0 atom stereocenters. The number of hydrogen-bond acceptors (Lipinski definition) is 4. The van der Waals surface area contributed by atoms with Crippen molar-refractivity contribution in [2.24, 2.45) is 0 Å². The molecule has 0 radical (unpaired) electrons. The SMILES string of the molecule is CC.COCCN(CCO)CC(C)=O. The third-order valence-electron chi connectivity index (χ3n) is 1.47. The van der Waals surface area contributed by atoms with Crippen LogP contribution in [-0.4, -0.2) is 55.7 Å². The van der Waals surface area contributed by atoms with Gasteiger partial charge in [-0.3, -0.25) is 9.69 Å². The van der Waals surface area contributed by atoms with Crippen LogP contribution in [0.2, 0.25) is 0 Å². The summed E-state index contributed by atoms with van der Waals surface area (Å²) in [6.45, 7) is 7.82. The van der Waals surface area contributed by atoms with Gasteiger partial charge in [0.1, 0.15) is 5.78 Å². The molecule has 0 fully saturated rings. The molecule has 0 amide bonds. The predicted molar refractivity (Wildman–Crippen MR) is 57.4 cm³/mol.